The Hall–Kier alpha value is -2.11. The normalized spacial score (nSPS) is 15.0. The maximum absolute atomic E-state index is 5.98. The molecule has 0 unspecified atom stereocenters. The SMILES string of the molecule is COc1cc(C[NH+]2CCN(c3ccc(Cl)cc3)CC2)cc(OC)c1OC. The van der Waals surface area contributed by atoms with Crippen LogP contribution in [0.15, 0.2) is 36.4 Å². The minimum absolute atomic E-state index is 0.640. The molecule has 1 aliphatic heterocycles. The molecule has 0 amide bonds. The van der Waals surface area contributed by atoms with Gasteiger partial charge in [0.2, 0.25) is 5.75 Å². The van der Waals surface area contributed by atoms with Crippen molar-refractivity contribution in [3.8, 4) is 17.2 Å². The van der Waals surface area contributed by atoms with E-state index in [4.69, 9.17) is 25.8 Å². The topological polar surface area (TPSA) is 35.4 Å². The number of nitrogens with one attached hydrogen (secondary N) is 1. The number of piperazine rings is 1. The number of nitrogens with zero attached hydrogens (tertiary/aromatic N) is 1. The quantitative estimate of drug-likeness (QED) is 0.837. The highest BCUT2D eigenvalue weighted by atomic mass is 35.5. The number of quaternary nitrogens is 1. The van der Waals surface area contributed by atoms with Crippen LogP contribution in [0.2, 0.25) is 5.02 Å². The summed E-state index contributed by atoms with van der Waals surface area (Å²) in [5.41, 5.74) is 2.43. The van der Waals surface area contributed by atoms with Gasteiger partial charge in [-0.2, -0.15) is 0 Å². The molecule has 1 fully saturated rings. The van der Waals surface area contributed by atoms with E-state index in [1.165, 1.54) is 11.3 Å². The highest BCUT2D eigenvalue weighted by Gasteiger charge is 2.22. The number of rotatable bonds is 6. The number of methoxy groups -OCH3 is 3. The molecule has 1 aliphatic rings. The van der Waals surface area contributed by atoms with Crippen LogP contribution in [-0.2, 0) is 6.54 Å². The van der Waals surface area contributed by atoms with Crippen molar-refractivity contribution in [3.63, 3.8) is 0 Å². The molecular weight excluding hydrogens is 352 g/mol. The zero-order chi connectivity index (χ0) is 18.5. The fourth-order valence-corrected chi connectivity index (χ4v) is 3.56. The van der Waals surface area contributed by atoms with Crippen molar-refractivity contribution in [2.24, 2.45) is 0 Å². The van der Waals surface area contributed by atoms with Crippen LogP contribution in [0, 0.1) is 0 Å². The monoisotopic (exact) mass is 377 g/mol. The molecule has 0 atom stereocenters. The second-order valence-electron chi connectivity index (χ2n) is 6.42. The Morgan fingerprint density at radius 1 is 0.923 bits per heavy atom. The third kappa shape index (κ3) is 4.17. The third-order valence-corrected chi connectivity index (χ3v) is 5.09. The van der Waals surface area contributed by atoms with Gasteiger partial charge in [-0.3, -0.25) is 0 Å². The third-order valence-electron chi connectivity index (χ3n) is 4.84. The Kier molecular flexibility index (Phi) is 6.12. The molecule has 0 saturated carbocycles. The van der Waals surface area contributed by atoms with Gasteiger partial charge in [0, 0.05) is 16.3 Å². The summed E-state index contributed by atoms with van der Waals surface area (Å²) in [5.74, 6) is 2.06. The Bertz CT molecular complexity index is 703. The maximum Gasteiger partial charge on any atom is 0.203 e. The lowest BCUT2D eigenvalue weighted by Gasteiger charge is -2.33. The van der Waals surface area contributed by atoms with E-state index in [0.29, 0.717) is 17.2 Å². The fourth-order valence-electron chi connectivity index (χ4n) is 3.44. The Labute approximate surface area is 160 Å². The first-order valence-electron chi connectivity index (χ1n) is 8.77. The van der Waals surface area contributed by atoms with Gasteiger partial charge in [-0.05, 0) is 36.4 Å². The van der Waals surface area contributed by atoms with Crippen molar-refractivity contribution in [2.75, 3.05) is 52.4 Å². The van der Waals surface area contributed by atoms with Crippen molar-refractivity contribution in [1.82, 2.24) is 0 Å². The molecule has 5 nitrogen and oxygen atoms in total. The summed E-state index contributed by atoms with van der Waals surface area (Å²) in [4.78, 5) is 3.96. The van der Waals surface area contributed by atoms with Crippen molar-refractivity contribution in [2.45, 2.75) is 6.54 Å². The van der Waals surface area contributed by atoms with Crippen molar-refractivity contribution in [3.05, 3.63) is 47.0 Å². The first-order valence-corrected chi connectivity index (χ1v) is 9.15. The van der Waals surface area contributed by atoms with Gasteiger partial charge in [0.25, 0.3) is 0 Å². The van der Waals surface area contributed by atoms with Gasteiger partial charge >= 0.3 is 0 Å². The van der Waals surface area contributed by atoms with E-state index in [0.717, 1.165) is 37.7 Å². The van der Waals surface area contributed by atoms with E-state index in [2.05, 4.69) is 17.0 Å². The van der Waals surface area contributed by atoms with Gasteiger partial charge in [0.05, 0.1) is 47.5 Å². The second-order valence-corrected chi connectivity index (χ2v) is 6.86. The van der Waals surface area contributed by atoms with Gasteiger partial charge < -0.3 is 24.0 Å². The van der Waals surface area contributed by atoms with Crippen LogP contribution in [0.5, 0.6) is 17.2 Å². The summed E-state index contributed by atoms with van der Waals surface area (Å²) in [6, 6.07) is 12.2. The molecule has 0 spiro atoms. The maximum atomic E-state index is 5.98. The summed E-state index contributed by atoms with van der Waals surface area (Å²) in [5, 5.41) is 0.778. The average molecular weight is 378 g/mol. The number of ether oxygens (including phenoxy) is 3. The number of anilines is 1. The van der Waals surface area contributed by atoms with Gasteiger partial charge in [-0.1, -0.05) is 11.6 Å². The highest BCUT2D eigenvalue weighted by Crippen LogP contribution is 2.38. The lowest BCUT2D eigenvalue weighted by molar-refractivity contribution is -0.914. The van der Waals surface area contributed by atoms with Crippen molar-refractivity contribution in [1.29, 1.82) is 0 Å². The van der Waals surface area contributed by atoms with Crippen LogP contribution >= 0.6 is 11.6 Å². The lowest BCUT2D eigenvalue weighted by atomic mass is 10.1. The van der Waals surface area contributed by atoms with Gasteiger partial charge in [-0.25, -0.2) is 0 Å². The van der Waals surface area contributed by atoms with Crippen LogP contribution in [0.1, 0.15) is 5.56 Å². The molecule has 1 saturated heterocycles. The summed E-state index contributed by atoms with van der Waals surface area (Å²) in [7, 11) is 4.93. The summed E-state index contributed by atoms with van der Waals surface area (Å²) < 4.78 is 16.3. The van der Waals surface area contributed by atoms with Crippen LogP contribution in [0.25, 0.3) is 0 Å². The summed E-state index contributed by atoms with van der Waals surface area (Å²) in [6.07, 6.45) is 0. The van der Waals surface area contributed by atoms with Crippen molar-refractivity contribution >= 4 is 17.3 Å². The predicted octanol–water partition coefficient (Wildman–Crippen LogP) is 2.27. The van der Waals surface area contributed by atoms with Crippen LogP contribution in [0.4, 0.5) is 5.69 Å². The van der Waals surface area contributed by atoms with Gasteiger partial charge in [0.1, 0.15) is 6.54 Å². The molecular formula is C20H26ClN2O3+. The van der Waals surface area contributed by atoms with E-state index in [-0.39, 0.29) is 0 Å². The number of benzene rings is 2. The zero-order valence-electron chi connectivity index (χ0n) is 15.5. The van der Waals surface area contributed by atoms with E-state index >= 15 is 0 Å². The van der Waals surface area contributed by atoms with E-state index < -0.39 is 0 Å². The molecule has 6 heteroatoms. The first kappa shape index (κ1) is 18.7. The Balaban J connectivity index is 1.65. The molecule has 0 aromatic heterocycles. The number of hydrogen-bond donors (Lipinski definition) is 1. The average Bonchev–Trinajstić information content (AvgIpc) is 2.68. The summed E-state index contributed by atoms with van der Waals surface area (Å²) >= 11 is 5.98. The smallest absolute Gasteiger partial charge is 0.203 e. The minimum atomic E-state index is 0.640. The molecule has 1 N–H and O–H groups in total. The van der Waals surface area contributed by atoms with E-state index in [9.17, 15) is 0 Å². The first-order chi connectivity index (χ1) is 12.6. The van der Waals surface area contributed by atoms with Crippen LogP contribution in [0.3, 0.4) is 0 Å². The van der Waals surface area contributed by atoms with Crippen LogP contribution in [-0.4, -0.2) is 47.5 Å². The molecule has 0 radical (unpaired) electrons. The van der Waals surface area contributed by atoms with Gasteiger partial charge in [0.15, 0.2) is 11.5 Å². The molecule has 140 valence electrons. The molecule has 2 aromatic carbocycles. The molecule has 0 bridgehead atoms. The molecule has 0 aliphatic carbocycles. The molecule has 3 rings (SSSR count). The number of hydrogen-bond acceptors (Lipinski definition) is 4. The second kappa shape index (κ2) is 8.52. The van der Waals surface area contributed by atoms with E-state index in [1.807, 2.05) is 24.3 Å². The zero-order valence-corrected chi connectivity index (χ0v) is 16.3. The molecule has 26 heavy (non-hydrogen) atoms. The minimum Gasteiger partial charge on any atom is -0.493 e. The highest BCUT2D eigenvalue weighted by molar-refractivity contribution is 6.30. The fraction of sp³-hybridized carbons (Fsp3) is 0.400. The molecule has 2 aromatic rings. The van der Waals surface area contributed by atoms with Crippen molar-refractivity contribution < 1.29 is 19.1 Å². The summed E-state index contributed by atoms with van der Waals surface area (Å²) in [6.45, 7) is 5.16. The largest absolute Gasteiger partial charge is 0.493 e. The Morgan fingerprint density at radius 2 is 1.50 bits per heavy atom. The lowest BCUT2D eigenvalue weighted by Crippen LogP contribution is -3.13. The van der Waals surface area contributed by atoms with Crippen LogP contribution < -0.4 is 24.0 Å². The van der Waals surface area contributed by atoms with Gasteiger partial charge in [-0.15, -0.1) is 0 Å². The number of halogens is 1. The standard InChI is InChI=1S/C20H25ClN2O3/c1-24-18-12-15(13-19(25-2)20(18)26-3)14-22-8-10-23(11-9-22)17-6-4-16(21)5-7-17/h4-7,12-13H,8-11,14H2,1-3H3/p+1. The Morgan fingerprint density at radius 3 is 2.00 bits per heavy atom. The van der Waals surface area contributed by atoms with E-state index in [1.54, 1.807) is 26.2 Å². The molecule has 1 heterocycles. The predicted molar refractivity (Wildman–Crippen MR) is 104 cm³/mol.